The molecule has 0 aliphatic rings. The number of nitrogens with one attached hydrogen (secondary N) is 1. The third-order valence-electron chi connectivity index (χ3n) is 2.73. The molecule has 2 rings (SSSR count). The molecule has 2 N–H and O–H groups in total. The lowest BCUT2D eigenvalue weighted by Crippen LogP contribution is -2.22. The molecule has 0 bridgehead atoms. The number of hydrogen-bond acceptors (Lipinski definition) is 2. The van der Waals surface area contributed by atoms with Crippen LogP contribution in [0.2, 0.25) is 0 Å². The Balaban J connectivity index is 2.01. The molecular weight excluding hydrogens is 322 g/mol. The van der Waals surface area contributed by atoms with Crippen LogP contribution in [-0.4, -0.2) is 17.0 Å². The predicted molar refractivity (Wildman–Crippen MR) is 78.7 cm³/mol. The first-order valence-corrected chi connectivity index (χ1v) is 6.71. The SMILES string of the molecule is O=C(O)c1cccc(CNC(=O)c2ccc(Br)cc2)c1. The fourth-order valence-corrected chi connectivity index (χ4v) is 1.96. The van der Waals surface area contributed by atoms with Gasteiger partial charge in [0.15, 0.2) is 0 Å². The maximum Gasteiger partial charge on any atom is 0.335 e. The molecule has 0 spiro atoms. The van der Waals surface area contributed by atoms with E-state index in [0.29, 0.717) is 5.56 Å². The molecule has 1 amide bonds. The van der Waals surface area contributed by atoms with E-state index in [1.807, 2.05) is 0 Å². The van der Waals surface area contributed by atoms with Crippen molar-refractivity contribution in [3.63, 3.8) is 0 Å². The van der Waals surface area contributed by atoms with Crippen molar-refractivity contribution in [3.05, 3.63) is 69.7 Å². The lowest BCUT2D eigenvalue weighted by molar-refractivity contribution is 0.0696. The topological polar surface area (TPSA) is 66.4 Å². The number of halogens is 1. The molecule has 4 nitrogen and oxygen atoms in total. The van der Waals surface area contributed by atoms with E-state index in [2.05, 4.69) is 21.2 Å². The summed E-state index contributed by atoms with van der Waals surface area (Å²) >= 11 is 3.30. The molecular formula is C15H12BrNO3. The Morgan fingerprint density at radius 1 is 1.05 bits per heavy atom. The van der Waals surface area contributed by atoms with Crippen LogP contribution in [0.1, 0.15) is 26.3 Å². The number of rotatable bonds is 4. The summed E-state index contributed by atoms with van der Waals surface area (Å²) in [7, 11) is 0. The van der Waals surface area contributed by atoms with Crippen LogP contribution in [0, 0.1) is 0 Å². The van der Waals surface area contributed by atoms with Gasteiger partial charge in [0.2, 0.25) is 0 Å². The summed E-state index contributed by atoms with van der Waals surface area (Å²) < 4.78 is 0.906. The Morgan fingerprint density at radius 2 is 1.75 bits per heavy atom. The molecule has 2 aromatic carbocycles. The minimum atomic E-state index is -0.980. The van der Waals surface area contributed by atoms with E-state index in [9.17, 15) is 9.59 Å². The van der Waals surface area contributed by atoms with Gasteiger partial charge < -0.3 is 10.4 Å². The molecule has 0 unspecified atom stereocenters. The summed E-state index contributed by atoms with van der Waals surface area (Å²) in [5.74, 6) is -1.18. The summed E-state index contributed by atoms with van der Waals surface area (Å²) in [6.07, 6.45) is 0. The molecule has 0 aromatic heterocycles. The monoisotopic (exact) mass is 333 g/mol. The summed E-state index contributed by atoms with van der Waals surface area (Å²) in [4.78, 5) is 22.8. The Morgan fingerprint density at radius 3 is 2.40 bits per heavy atom. The third-order valence-corrected chi connectivity index (χ3v) is 3.26. The second-order valence-corrected chi connectivity index (χ2v) is 5.11. The fraction of sp³-hybridized carbons (Fsp3) is 0.0667. The van der Waals surface area contributed by atoms with E-state index in [4.69, 9.17) is 5.11 Å². The van der Waals surface area contributed by atoms with Crippen LogP contribution in [0.15, 0.2) is 53.0 Å². The van der Waals surface area contributed by atoms with Gasteiger partial charge in [0.1, 0.15) is 0 Å². The third kappa shape index (κ3) is 3.68. The van der Waals surface area contributed by atoms with Gasteiger partial charge in [-0.1, -0.05) is 28.1 Å². The van der Waals surface area contributed by atoms with Gasteiger partial charge in [-0.3, -0.25) is 4.79 Å². The minimum absolute atomic E-state index is 0.196. The van der Waals surface area contributed by atoms with Crippen LogP contribution < -0.4 is 5.32 Å². The zero-order chi connectivity index (χ0) is 14.5. The van der Waals surface area contributed by atoms with Crippen molar-refractivity contribution in [2.45, 2.75) is 6.54 Å². The molecule has 20 heavy (non-hydrogen) atoms. The van der Waals surface area contributed by atoms with Crippen LogP contribution in [0.5, 0.6) is 0 Å². The second-order valence-electron chi connectivity index (χ2n) is 4.20. The van der Waals surface area contributed by atoms with E-state index in [1.54, 1.807) is 42.5 Å². The zero-order valence-corrected chi connectivity index (χ0v) is 12.1. The van der Waals surface area contributed by atoms with Gasteiger partial charge in [-0.15, -0.1) is 0 Å². The molecule has 0 saturated heterocycles. The highest BCUT2D eigenvalue weighted by atomic mass is 79.9. The Hall–Kier alpha value is -2.14. The quantitative estimate of drug-likeness (QED) is 0.903. The first-order chi connectivity index (χ1) is 9.56. The van der Waals surface area contributed by atoms with Gasteiger partial charge in [0, 0.05) is 16.6 Å². The largest absolute Gasteiger partial charge is 0.478 e. The van der Waals surface area contributed by atoms with Crippen molar-refractivity contribution >= 4 is 27.8 Å². The smallest absolute Gasteiger partial charge is 0.335 e. The van der Waals surface area contributed by atoms with Gasteiger partial charge in [-0.05, 0) is 42.0 Å². The number of amides is 1. The molecule has 102 valence electrons. The first kappa shape index (κ1) is 14.3. The highest BCUT2D eigenvalue weighted by Crippen LogP contribution is 2.11. The predicted octanol–water partition coefficient (Wildman–Crippen LogP) is 3.08. The normalized spacial score (nSPS) is 10.1. The summed E-state index contributed by atoms with van der Waals surface area (Å²) in [6.45, 7) is 0.288. The number of benzene rings is 2. The van der Waals surface area contributed by atoms with Gasteiger partial charge in [-0.25, -0.2) is 4.79 Å². The number of aromatic carboxylic acids is 1. The van der Waals surface area contributed by atoms with Gasteiger partial charge in [0.05, 0.1) is 5.56 Å². The van der Waals surface area contributed by atoms with Gasteiger partial charge >= 0.3 is 5.97 Å². The van der Waals surface area contributed by atoms with Crippen molar-refractivity contribution in [1.82, 2.24) is 5.32 Å². The number of carboxylic acids is 1. The van der Waals surface area contributed by atoms with Gasteiger partial charge in [0.25, 0.3) is 5.91 Å². The van der Waals surface area contributed by atoms with Crippen molar-refractivity contribution in [3.8, 4) is 0 Å². The van der Waals surface area contributed by atoms with E-state index >= 15 is 0 Å². The van der Waals surface area contributed by atoms with Crippen LogP contribution in [0.3, 0.4) is 0 Å². The molecule has 0 atom stereocenters. The first-order valence-electron chi connectivity index (χ1n) is 5.92. The Kier molecular flexibility index (Phi) is 4.53. The fourth-order valence-electron chi connectivity index (χ4n) is 1.70. The summed E-state index contributed by atoms with van der Waals surface area (Å²) in [6, 6.07) is 13.5. The highest BCUT2D eigenvalue weighted by molar-refractivity contribution is 9.10. The maximum atomic E-state index is 11.9. The molecule has 5 heteroatoms. The van der Waals surface area contributed by atoms with Crippen molar-refractivity contribution in [2.24, 2.45) is 0 Å². The number of carboxylic acid groups (broad SMARTS) is 1. The average molecular weight is 334 g/mol. The molecule has 0 aliphatic heterocycles. The minimum Gasteiger partial charge on any atom is -0.478 e. The molecule has 0 radical (unpaired) electrons. The second kappa shape index (κ2) is 6.34. The number of carbonyl (C=O) groups excluding carboxylic acids is 1. The Bertz CT molecular complexity index is 638. The molecule has 0 aliphatic carbocycles. The zero-order valence-electron chi connectivity index (χ0n) is 10.5. The van der Waals surface area contributed by atoms with Gasteiger partial charge in [-0.2, -0.15) is 0 Å². The van der Waals surface area contributed by atoms with Crippen molar-refractivity contribution < 1.29 is 14.7 Å². The highest BCUT2D eigenvalue weighted by Gasteiger charge is 2.06. The van der Waals surface area contributed by atoms with Crippen molar-refractivity contribution in [2.75, 3.05) is 0 Å². The summed E-state index contributed by atoms with van der Waals surface area (Å²) in [5.41, 5.74) is 1.51. The maximum absolute atomic E-state index is 11.9. The van der Waals surface area contributed by atoms with Crippen LogP contribution >= 0.6 is 15.9 Å². The number of carbonyl (C=O) groups is 2. The summed E-state index contributed by atoms with van der Waals surface area (Å²) in [5, 5.41) is 11.7. The van der Waals surface area contributed by atoms with Crippen LogP contribution in [-0.2, 0) is 6.54 Å². The average Bonchev–Trinajstić information content (AvgIpc) is 2.46. The standard InChI is InChI=1S/C15H12BrNO3/c16-13-6-4-11(5-7-13)14(18)17-9-10-2-1-3-12(8-10)15(19)20/h1-8H,9H2,(H,17,18)(H,19,20). The number of hydrogen-bond donors (Lipinski definition) is 2. The molecule has 0 heterocycles. The van der Waals surface area contributed by atoms with E-state index < -0.39 is 5.97 Å². The van der Waals surface area contributed by atoms with Crippen molar-refractivity contribution in [1.29, 1.82) is 0 Å². The lowest BCUT2D eigenvalue weighted by atomic mass is 10.1. The lowest BCUT2D eigenvalue weighted by Gasteiger charge is -2.06. The Labute approximate surface area is 124 Å². The molecule has 2 aromatic rings. The van der Waals surface area contributed by atoms with E-state index in [-0.39, 0.29) is 18.0 Å². The van der Waals surface area contributed by atoms with E-state index in [0.717, 1.165) is 10.0 Å². The van der Waals surface area contributed by atoms with Crippen LogP contribution in [0.4, 0.5) is 0 Å². The molecule has 0 saturated carbocycles. The van der Waals surface area contributed by atoms with Crippen LogP contribution in [0.25, 0.3) is 0 Å². The van der Waals surface area contributed by atoms with E-state index in [1.165, 1.54) is 6.07 Å². The molecule has 0 fully saturated rings.